The minimum atomic E-state index is 0.571. The Morgan fingerprint density at radius 2 is 1.70 bits per heavy atom. The van der Waals surface area contributed by atoms with Crippen LogP contribution in [0.25, 0.3) is 0 Å². The van der Waals surface area contributed by atoms with Crippen LogP contribution in [0.3, 0.4) is 0 Å². The first-order valence-electron chi connectivity index (χ1n) is 6.38. The summed E-state index contributed by atoms with van der Waals surface area (Å²) in [6.45, 7) is 4.13. The summed E-state index contributed by atoms with van der Waals surface area (Å²) in [6, 6.07) is 13.9. The van der Waals surface area contributed by atoms with E-state index in [1.807, 2.05) is 30.3 Å². The monoisotopic (exact) mass is 286 g/mol. The lowest BCUT2D eigenvalue weighted by molar-refractivity contribution is 0.415. The van der Waals surface area contributed by atoms with Crippen LogP contribution < -0.4 is 15.4 Å². The zero-order chi connectivity index (χ0) is 14.5. The molecule has 0 saturated heterocycles. The number of nitrogens with one attached hydrogen (secondary N) is 2. The Balaban J connectivity index is 2.01. The molecule has 0 aliphatic rings. The third kappa shape index (κ3) is 3.71. The molecule has 0 aliphatic heterocycles. The highest BCUT2D eigenvalue weighted by Crippen LogP contribution is 2.18. The van der Waals surface area contributed by atoms with E-state index in [2.05, 4.69) is 36.6 Å². The molecular formula is C16H18N2OS. The van der Waals surface area contributed by atoms with Crippen molar-refractivity contribution in [2.24, 2.45) is 0 Å². The second kappa shape index (κ2) is 6.39. The van der Waals surface area contributed by atoms with Crippen molar-refractivity contribution in [2.45, 2.75) is 13.8 Å². The maximum absolute atomic E-state index is 5.32. The minimum absolute atomic E-state index is 0.571. The van der Waals surface area contributed by atoms with Crippen LogP contribution in [0.4, 0.5) is 11.4 Å². The number of methoxy groups -OCH3 is 1. The van der Waals surface area contributed by atoms with Crippen LogP contribution in [0.5, 0.6) is 5.75 Å². The highest BCUT2D eigenvalue weighted by molar-refractivity contribution is 7.80. The summed E-state index contributed by atoms with van der Waals surface area (Å²) in [7, 11) is 1.65. The van der Waals surface area contributed by atoms with Crippen molar-refractivity contribution in [1.29, 1.82) is 0 Å². The third-order valence-corrected chi connectivity index (χ3v) is 3.18. The second-order valence-electron chi connectivity index (χ2n) is 4.63. The van der Waals surface area contributed by atoms with E-state index in [0.29, 0.717) is 5.11 Å². The smallest absolute Gasteiger partial charge is 0.175 e. The number of thiocarbonyl (C=S) groups is 1. The average molecular weight is 286 g/mol. The molecule has 0 heterocycles. The summed E-state index contributed by atoms with van der Waals surface area (Å²) >= 11 is 5.32. The Labute approximate surface area is 125 Å². The molecule has 3 nitrogen and oxygen atoms in total. The summed E-state index contributed by atoms with van der Waals surface area (Å²) in [5.74, 6) is 0.823. The van der Waals surface area contributed by atoms with Gasteiger partial charge in [-0.15, -0.1) is 0 Å². The molecule has 2 aromatic rings. The molecule has 0 atom stereocenters. The van der Waals surface area contributed by atoms with Crippen LogP contribution in [-0.4, -0.2) is 12.2 Å². The van der Waals surface area contributed by atoms with Gasteiger partial charge < -0.3 is 15.4 Å². The van der Waals surface area contributed by atoms with Gasteiger partial charge in [-0.25, -0.2) is 0 Å². The summed E-state index contributed by atoms with van der Waals surface area (Å²) in [5, 5.41) is 6.92. The van der Waals surface area contributed by atoms with Gasteiger partial charge in [-0.1, -0.05) is 17.7 Å². The number of ether oxygens (including phenoxy) is 1. The van der Waals surface area contributed by atoms with E-state index < -0.39 is 0 Å². The van der Waals surface area contributed by atoms with Crippen molar-refractivity contribution >= 4 is 28.7 Å². The van der Waals surface area contributed by atoms with Gasteiger partial charge in [-0.3, -0.25) is 0 Å². The third-order valence-electron chi connectivity index (χ3n) is 2.98. The fourth-order valence-corrected chi connectivity index (χ4v) is 2.14. The quantitative estimate of drug-likeness (QED) is 0.832. The molecule has 0 aliphatic carbocycles. The highest BCUT2D eigenvalue weighted by atomic mass is 32.1. The predicted octanol–water partition coefficient (Wildman–Crippen LogP) is 4.12. The van der Waals surface area contributed by atoms with E-state index in [-0.39, 0.29) is 0 Å². The van der Waals surface area contributed by atoms with Gasteiger partial charge in [0.2, 0.25) is 0 Å². The van der Waals surface area contributed by atoms with Crippen LogP contribution in [0.2, 0.25) is 0 Å². The Kier molecular flexibility index (Phi) is 4.58. The fourth-order valence-electron chi connectivity index (χ4n) is 1.91. The molecule has 0 saturated carbocycles. The number of aryl methyl sites for hydroxylation is 2. The van der Waals surface area contributed by atoms with Gasteiger partial charge in [0.25, 0.3) is 0 Å². The first kappa shape index (κ1) is 14.3. The lowest BCUT2D eigenvalue weighted by atomic mass is 10.1. The topological polar surface area (TPSA) is 33.3 Å². The molecule has 0 fully saturated rings. The molecule has 0 amide bonds. The summed E-state index contributed by atoms with van der Waals surface area (Å²) in [4.78, 5) is 0. The van der Waals surface area contributed by atoms with Crippen molar-refractivity contribution in [3.63, 3.8) is 0 Å². The van der Waals surface area contributed by atoms with E-state index in [1.54, 1.807) is 7.11 Å². The van der Waals surface area contributed by atoms with Gasteiger partial charge >= 0.3 is 0 Å². The fraction of sp³-hybridized carbons (Fsp3) is 0.188. The van der Waals surface area contributed by atoms with Crippen LogP contribution in [0, 0.1) is 13.8 Å². The van der Waals surface area contributed by atoms with Gasteiger partial charge in [0, 0.05) is 11.4 Å². The van der Waals surface area contributed by atoms with Crippen LogP contribution in [0.1, 0.15) is 11.1 Å². The molecule has 104 valence electrons. The minimum Gasteiger partial charge on any atom is -0.497 e. The van der Waals surface area contributed by atoms with E-state index in [9.17, 15) is 0 Å². The summed E-state index contributed by atoms with van der Waals surface area (Å²) in [5.41, 5.74) is 4.35. The predicted molar refractivity (Wildman–Crippen MR) is 88.8 cm³/mol. The summed E-state index contributed by atoms with van der Waals surface area (Å²) in [6.07, 6.45) is 0. The zero-order valence-corrected chi connectivity index (χ0v) is 12.7. The lowest BCUT2D eigenvalue weighted by Gasteiger charge is -2.13. The van der Waals surface area contributed by atoms with E-state index in [4.69, 9.17) is 17.0 Å². The van der Waals surface area contributed by atoms with Gasteiger partial charge in [0.05, 0.1) is 7.11 Å². The molecule has 2 N–H and O–H groups in total. The van der Waals surface area contributed by atoms with Crippen molar-refractivity contribution in [3.05, 3.63) is 53.6 Å². The number of benzene rings is 2. The van der Waals surface area contributed by atoms with Gasteiger partial charge in [0.15, 0.2) is 5.11 Å². The van der Waals surface area contributed by atoms with E-state index in [0.717, 1.165) is 17.1 Å². The summed E-state index contributed by atoms with van der Waals surface area (Å²) < 4.78 is 5.12. The molecule has 0 aromatic heterocycles. The second-order valence-corrected chi connectivity index (χ2v) is 5.03. The van der Waals surface area contributed by atoms with Gasteiger partial charge in [-0.05, 0) is 62.0 Å². The standard InChI is InChI=1S/C16H18N2OS/c1-11-4-9-15(12(2)10-11)18-16(20)17-13-5-7-14(19-3)8-6-13/h4-10H,1-3H3,(H2,17,18,20). The molecule has 0 radical (unpaired) electrons. The zero-order valence-electron chi connectivity index (χ0n) is 11.9. The lowest BCUT2D eigenvalue weighted by Crippen LogP contribution is -2.19. The number of hydrogen-bond donors (Lipinski definition) is 2. The molecule has 2 rings (SSSR count). The molecule has 2 aromatic carbocycles. The van der Waals surface area contributed by atoms with Gasteiger partial charge in [-0.2, -0.15) is 0 Å². The van der Waals surface area contributed by atoms with Crippen molar-refractivity contribution in [3.8, 4) is 5.75 Å². The average Bonchev–Trinajstić information content (AvgIpc) is 2.43. The van der Waals surface area contributed by atoms with Crippen LogP contribution >= 0.6 is 12.2 Å². The van der Waals surface area contributed by atoms with E-state index >= 15 is 0 Å². The first-order valence-corrected chi connectivity index (χ1v) is 6.78. The van der Waals surface area contributed by atoms with Gasteiger partial charge in [0.1, 0.15) is 5.75 Å². The Morgan fingerprint density at radius 3 is 2.30 bits per heavy atom. The number of rotatable bonds is 3. The molecule has 0 spiro atoms. The van der Waals surface area contributed by atoms with Crippen molar-refractivity contribution < 1.29 is 4.74 Å². The molecule has 20 heavy (non-hydrogen) atoms. The Morgan fingerprint density at radius 1 is 1.00 bits per heavy atom. The SMILES string of the molecule is COc1ccc(NC(=S)Nc2ccc(C)cc2C)cc1. The number of anilines is 2. The Hall–Kier alpha value is -2.07. The van der Waals surface area contributed by atoms with Crippen molar-refractivity contribution in [1.82, 2.24) is 0 Å². The molecule has 0 bridgehead atoms. The van der Waals surface area contributed by atoms with Crippen molar-refractivity contribution in [2.75, 3.05) is 17.7 Å². The maximum atomic E-state index is 5.32. The largest absolute Gasteiger partial charge is 0.497 e. The highest BCUT2D eigenvalue weighted by Gasteiger charge is 2.02. The molecule has 0 unspecified atom stereocenters. The molecular weight excluding hydrogens is 268 g/mol. The molecule has 4 heteroatoms. The first-order chi connectivity index (χ1) is 9.58. The van der Waals surface area contributed by atoms with Crippen LogP contribution in [-0.2, 0) is 0 Å². The number of hydrogen-bond acceptors (Lipinski definition) is 2. The van der Waals surface area contributed by atoms with Crippen LogP contribution in [0.15, 0.2) is 42.5 Å². The Bertz CT molecular complexity index is 608. The normalized spacial score (nSPS) is 9.95. The van der Waals surface area contributed by atoms with E-state index in [1.165, 1.54) is 11.1 Å². The maximum Gasteiger partial charge on any atom is 0.175 e.